The number of aromatic nitrogens is 2. The van der Waals surface area contributed by atoms with Gasteiger partial charge in [-0.05, 0) is 36.8 Å². The normalized spacial score (nSPS) is 10.8. The number of para-hydroxylation sites is 1. The Balaban J connectivity index is 1.54. The van der Waals surface area contributed by atoms with Gasteiger partial charge < -0.3 is 10.2 Å². The number of benzene rings is 2. The predicted octanol–water partition coefficient (Wildman–Crippen LogP) is 2.95. The lowest BCUT2D eigenvalue weighted by atomic mass is 10.2. The first-order chi connectivity index (χ1) is 15.3. The second-order valence-electron chi connectivity index (χ2n) is 7.35. The molecule has 3 aromatic rings. The Morgan fingerprint density at radius 2 is 1.72 bits per heavy atom. The van der Waals surface area contributed by atoms with Gasteiger partial charge in [0, 0.05) is 20.6 Å². The molecule has 0 aliphatic rings. The SMILES string of the molecule is Cc1c(NC(=O)CSCC(=O)N(C)Cc2ccc(F)cc2)c(=O)n(-c2ccccc2)n1C. The van der Waals surface area contributed by atoms with Crippen LogP contribution in [0.5, 0.6) is 0 Å². The topological polar surface area (TPSA) is 76.3 Å². The van der Waals surface area contributed by atoms with E-state index >= 15 is 0 Å². The van der Waals surface area contributed by atoms with Gasteiger partial charge in [-0.1, -0.05) is 30.3 Å². The molecular weight excluding hydrogens is 431 g/mol. The second-order valence-corrected chi connectivity index (χ2v) is 8.34. The molecule has 0 aliphatic carbocycles. The van der Waals surface area contributed by atoms with Crippen LogP contribution in [0.2, 0.25) is 0 Å². The van der Waals surface area contributed by atoms with Crippen LogP contribution in [0.4, 0.5) is 10.1 Å². The van der Waals surface area contributed by atoms with Crippen molar-refractivity contribution < 1.29 is 14.0 Å². The summed E-state index contributed by atoms with van der Waals surface area (Å²) in [5.41, 5.74) is 2.06. The number of thioether (sulfide) groups is 1. The Kier molecular flexibility index (Phi) is 7.53. The Hall–Kier alpha value is -3.33. The molecule has 0 bridgehead atoms. The lowest BCUT2D eigenvalue weighted by molar-refractivity contribution is -0.127. The van der Waals surface area contributed by atoms with Crippen molar-refractivity contribution in [3.8, 4) is 5.69 Å². The molecule has 0 radical (unpaired) electrons. The van der Waals surface area contributed by atoms with Crippen molar-refractivity contribution in [2.45, 2.75) is 13.5 Å². The van der Waals surface area contributed by atoms with Crippen LogP contribution in [0.15, 0.2) is 59.4 Å². The Labute approximate surface area is 189 Å². The summed E-state index contributed by atoms with van der Waals surface area (Å²) >= 11 is 1.17. The highest BCUT2D eigenvalue weighted by Gasteiger charge is 2.18. The molecule has 0 spiro atoms. The third kappa shape index (κ3) is 5.47. The molecule has 168 valence electrons. The zero-order valence-corrected chi connectivity index (χ0v) is 19.0. The van der Waals surface area contributed by atoms with E-state index in [1.54, 1.807) is 37.8 Å². The van der Waals surface area contributed by atoms with Crippen LogP contribution >= 0.6 is 11.8 Å². The number of carbonyl (C=O) groups is 2. The summed E-state index contributed by atoms with van der Waals surface area (Å²) in [4.78, 5) is 39.1. The van der Waals surface area contributed by atoms with E-state index in [-0.39, 0.29) is 40.4 Å². The van der Waals surface area contributed by atoms with Crippen LogP contribution in [0.1, 0.15) is 11.3 Å². The van der Waals surface area contributed by atoms with Crippen molar-refractivity contribution >= 4 is 29.3 Å². The number of nitrogens with one attached hydrogen (secondary N) is 1. The lowest BCUT2D eigenvalue weighted by Gasteiger charge is -2.17. The number of amides is 2. The summed E-state index contributed by atoms with van der Waals surface area (Å²) < 4.78 is 16.2. The number of hydrogen-bond acceptors (Lipinski definition) is 4. The smallest absolute Gasteiger partial charge is 0.295 e. The largest absolute Gasteiger partial charge is 0.341 e. The molecule has 0 atom stereocenters. The van der Waals surface area contributed by atoms with Gasteiger partial charge in [-0.25, -0.2) is 9.07 Å². The standard InChI is InChI=1S/C23H25FN4O3S/c1-16-22(23(31)28(27(16)3)19-7-5-4-6-8-19)25-20(29)14-32-15-21(30)26(2)13-17-9-11-18(24)12-10-17/h4-12H,13-15H2,1-3H3,(H,25,29). The third-order valence-corrected chi connectivity index (χ3v) is 5.95. The molecule has 1 N–H and O–H groups in total. The van der Waals surface area contributed by atoms with Crippen LogP contribution in [-0.2, 0) is 23.2 Å². The van der Waals surface area contributed by atoms with Gasteiger partial charge in [0.1, 0.15) is 11.5 Å². The zero-order valence-electron chi connectivity index (χ0n) is 18.2. The van der Waals surface area contributed by atoms with E-state index in [1.165, 1.54) is 33.5 Å². The van der Waals surface area contributed by atoms with E-state index in [0.29, 0.717) is 17.9 Å². The molecule has 0 fully saturated rings. The highest BCUT2D eigenvalue weighted by atomic mass is 32.2. The molecule has 32 heavy (non-hydrogen) atoms. The van der Waals surface area contributed by atoms with Gasteiger partial charge in [0.15, 0.2) is 0 Å². The first-order valence-electron chi connectivity index (χ1n) is 9.98. The molecule has 1 aromatic heterocycles. The molecule has 0 saturated carbocycles. The minimum atomic E-state index is -0.352. The average molecular weight is 457 g/mol. The zero-order chi connectivity index (χ0) is 23.3. The number of hydrogen-bond donors (Lipinski definition) is 1. The number of halogens is 1. The summed E-state index contributed by atoms with van der Waals surface area (Å²) in [6, 6.07) is 15.1. The molecule has 1 heterocycles. The molecule has 0 saturated heterocycles. The van der Waals surface area contributed by atoms with Gasteiger partial charge in [-0.2, -0.15) is 0 Å². The van der Waals surface area contributed by atoms with E-state index in [1.807, 2.05) is 30.3 Å². The van der Waals surface area contributed by atoms with E-state index in [2.05, 4.69) is 5.32 Å². The highest BCUT2D eigenvalue weighted by Crippen LogP contribution is 2.15. The minimum absolute atomic E-state index is 0.0369. The first kappa shape index (κ1) is 23.3. The Bertz CT molecular complexity index is 1160. The monoisotopic (exact) mass is 456 g/mol. The van der Waals surface area contributed by atoms with Crippen LogP contribution < -0.4 is 10.9 Å². The molecule has 9 heteroatoms. The van der Waals surface area contributed by atoms with E-state index < -0.39 is 0 Å². The van der Waals surface area contributed by atoms with Crippen LogP contribution in [-0.4, -0.2) is 44.6 Å². The molecule has 0 unspecified atom stereocenters. The van der Waals surface area contributed by atoms with E-state index in [4.69, 9.17) is 0 Å². The predicted molar refractivity (Wildman–Crippen MR) is 125 cm³/mol. The molecule has 2 aromatic carbocycles. The summed E-state index contributed by atoms with van der Waals surface area (Å²) in [6.07, 6.45) is 0. The Morgan fingerprint density at radius 3 is 2.38 bits per heavy atom. The summed E-state index contributed by atoms with van der Waals surface area (Å²) in [7, 11) is 3.41. The second kappa shape index (κ2) is 10.3. The fourth-order valence-corrected chi connectivity index (χ4v) is 3.94. The molecule has 7 nitrogen and oxygen atoms in total. The third-order valence-electron chi connectivity index (χ3n) is 5.04. The highest BCUT2D eigenvalue weighted by molar-refractivity contribution is 8.00. The molecular formula is C23H25FN4O3S. The van der Waals surface area contributed by atoms with Gasteiger partial charge in [-0.15, -0.1) is 11.8 Å². The van der Waals surface area contributed by atoms with Crippen LogP contribution in [0, 0.1) is 12.7 Å². The van der Waals surface area contributed by atoms with Crippen molar-refractivity contribution in [1.82, 2.24) is 14.3 Å². The van der Waals surface area contributed by atoms with E-state index in [9.17, 15) is 18.8 Å². The van der Waals surface area contributed by atoms with Gasteiger partial charge in [-0.3, -0.25) is 19.1 Å². The maximum atomic E-state index is 13.0. The molecule has 0 aliphatic heterocycles. The quantitative estimate of drug-likeness (QED) is 0.566. The number of carbonyl (C=O) groups excluding carboxylic acids is 2. The number of anilines is 1. The molecule has 3 rings (SSSR count). The summed E-state index contributed by atoms with van der Waals surface area (Å²) in [5, 5.41) is 2.68. The van der Waals surface area contributed by atoms with Gasteiger partial charge in [0.25, 0.3) is 5.56 Å². The van der Waals surface area contributed by atoms with E-state index in [0.717, 1.165) is 5.56 Å². The number of nitrogens with zero attached hydrogens (tertiary/aromatic N) is 3. The van der Waals surface area contributed by atoms with Gasteiger partial charge in [0.05, 0.1) is 22.9 Å². The number of rotatable bonds is 8. The maximum absolute atomic E-state index is 13.0. The fourth-order valence-electron chi connectivity index (χ4n) is 3.18. The average Bonchev–Trinajstić information content (AvgIpc) is 2.99. The first-order valence-corrected chi connectivity index (χ1v) is 11.1. The molecule has 2 amide bonds. The van der Waals surface area contributed by atoms with Crippen molar-refractivity contribution in [1.29, 1.82) is 0 Å². The maximum Gasteiger partial charge on any atom is 0.295 e. The minimum Gasteiger partial charge on any atom is -0.341 e. The van der Waals surface area contributed by atoms with Crippen molar-refractivity contribution in [3.63, 3.8) is 0 Å². The Morgan fingerprint density at radius 1 is 1.06 bits per heavy atom. The van der Waals surface area contributed by atoms with Gasteiger partial charge >= 0.3 is 0 Å². The lowest BCUT2D eigenvalue weighted by Crippen LogP contribution is -2.28. The summed E-state index contributed by atoms with van der Waals surface area (Å²) in [6.45, 7) is 2.12. The van der Waals surface area contributed by atoms with Crippen molar-refractivity contribution in [2.75, 3.05) is 23.9 Å². The summed E-state index contributed by atoms with van der Waals surface area (Å²) in [5.74, 6) is -0.666. The van der Waals surface area contributed by atoms with Crippen molar-refractivity contribution in [3.05, 3.63) is 82.0 Å². The fraction of sp³-hybridized carbons (Fsp3) is 0.261. The van der Waals surface area contributed by atoms with Crippen LogP contribution in [0.3, 0.4) is 0 Å². The van der Waals surface area contributed by atoms with Gasteiger partial charge in [0.2, 0.25) is 11.8 Å². The van der Waals surface area contributed by atoms with Crippen molar-refractivity contribution in [2.24, 2.45) is 7.05 Å². The van der Waals surface area contributed by atoms with Crippen LogP contribution in [0.25, 0.3) is 5.69 Å².